The van der Waals surface area contributed by atoms with Gasteiger partial charge in [-0.3, -0.25) is 0 Å². The van der Waals surface area contributed by atoms with Crippen molar-refractivity contribution in [2.45, 2.75) is 118 Å². The van der Waals surface area contributed by atoms with Crippen LogP contribution in [0.25, 0.3) is 0 Å². The van der Waals surface area contributed by atoms with Crippen LogP contribution in [0.2, 0.25) is 0 Å². The Morgan fingerprint density at radius 1 is 1.05 bits per heavy atom. The first-order valence-corrected chi connectivity index (χ1v) is 15.9. The zero-order valence-electron chi connectivity index (χ0n) is 28.6. The van der Waals surface area contributed by atoms with Crippen molar-refractivity contribution in [2.24, 2.45) is 35.5 Å². The highest BCUT2D eigenvalue weighted by atomic mass is 16.6. The molecule has 1 fully saturated rings. The molecular weight excluding hydrogens is 564 g/mol. The van der Waals surface area contributed by atoms with Gasteiger partial charge in [0.05, 0.1) is 31.5 Å². The Morgan fingerprint density at radius 3 is 2.25 bits per heavy atom. The van der Waals surface area contributed by atoms with Crippen molar-refractivity contribution >= 4 is 5.97 Å². The summed E-state index contributed by atoms with van der Waals surface area (Å²) in [6, 6.07) is 0. The molecule has 252 valence electrons. The average Bonchev–Trinajstić information content (AvgIpc) is 2.96. The summed E-state index contributed by atoms with van der Waals surface area (Å²) in [6.07, 6.45) is 4.85. The Hall–Kier alpha value is -2.01. The number of ether oxygens (including phenoxy) is 4. The molecule has 0 saturated carbocycles. The van der Waals surface area contributed by atoms with E-state index in [2.05, 4.69) is 0 Å². The number of hydrogen-bond donors (Lipinski definition) is 4. The van der Waals surface area contributed by atoms with Crippen LogP contribution in [0.5, 0.6) is 0 Å². The van der Waals surface area contributed by atoms with E-state index in [0.29, 0.717) is 6.42 Å². The van der Waals surface area contributed by atoms with Crippen LogP contribution in [0.3, 0.4) is 0 Å². The summed E-state index contributed by atoms with van der Waals surface area (Å²) in [4.78, 5) is 13.5. The van der Waals surface area contributed by atoms with Gasteiger partial charge in [-0.1, -0.05) is 83.9 Å². The first kappa shape index (κ1) is 38.2. The number of hydrogen-bond acceptors (Lipinski definition) is 9. The molecule has 0 aliphatic carbocycles. The molecule has 2 rings (SSSR count). The number of allylic oxidation sites excluding steroid dienone is 5. The van der Waals surface area contributed by atoms with Gasteiger partial charge in [-0.15, -0.1) is 0 Å². The molecule has 0 aromatic carbocycles. The number of methoxy groups -OCH3 is 2. The molecule has 0 aromatic heterocycles. The van der Waals surface area contributed by atoms with Crippen molar-refractivity contribution in [2.75, 3.05) is 14.2 Å². The van der Waals surface area contributed by atoms with Gasteiger partial charge in [0.2, 0.25) is 5.76 Å². The van der Waals surface area contributed by atoms with Gasteiger partial charge in [-0.2, -0.15) is 0 Å². The molecule has 0 amide bonds. The Kier molecular flexibility index (Phi) is 14.3. The third-order valence-electron chi connectivity index (χ3n) is 9.50. The highest BCUT2D eigenvalue weighted by Crippen LogP contribution is 2.41. The zero-order chi connectivity index (χ0) is 33.5. The first-order valence-electron chi connectivity index (χ1n) is 15.9. The Bertz CT molecular complexity index is 1060. The summed E-state index contributed by atoms with van der Waals surface area (Å²) in [5.41, 5.74) is 1.78. The van der Waals surface area contributed by atoms with E-state index in [1.54, 1.807) is 26.0 Å². The lowest BCUT2D eigenvalue weighted by Gasteiger charge is -2.49. The second-order valence-electron chi connectivity index (χ2n) is 13.6. The highest BCUT2D eigenvalue weighted by molar-refractivity contribution is 5.87. The van der Waals surface area contributed by atoms with Crippen molar-refractivity contribution in [3.05, 3.63) is 47.3 Å². The van der Waals surface area contributed by atoms with Crippen molar-refractivity contribution in [3.63, 3.8) is 0 Å². The number of cyclic esters (lactones) is 1. The quantitative estimate of drug-likeness (QED) is 0.298. The molecule has 4 N–H and O–H groups in total. The maximum absolute atomic E-state index is 13.5. The fourth-order valence-electron chi connectivity index (χ4n) is 6.54. The number of carbonyl (C=O) groups is 1. The molecule has 0 unspecified atom stereocenters. The van der Waals surface area contributed by atoms with Crippen LogP contribution >= 0.6 is 0 Å². The Balaban J connectivity index is 2.52. The smallest absolute Gasteiger partial charge is 0.373 e. The third kappa shape index (κ3) is 9.50. The van der Waals surface area contributed by atoms with Crippen LogP contribution in [-0.4, -0.2) is 83.0 Å². The van der Waals surface area contributed by atoms with E-state index in [4.69, 9.17) is 18.9 Å². The molecule has 0 bridgehead atoms. The van der Waals surface area contributed by atoms with E-state index in [9.17, 15) is 25.2 Å². The van der Waals surface area contributed by atoms with Crippen molar-refractivity contribution in [1.29, 1.82) is 0 Å². The summed E-state index contributed by atoms with van der Waals surface area (Å²) < 4.78 is 23.4. The standard InChI is InChI=1S/C35H58O9/c1-19(2)32-24(7)27(36)18-35(40,44-32)26(9)31(38)25(8)33-28(41-10)14-12-13-20(3)15-22(5)30(37)23(6)16-21(4)17-29(42-11)34(39)43-33/h12-14,16-17,19,22-28,30-33,36-38,40H,15,18H2,1-11H3/b14-12-,20-13+,21-16+,29-17-/t22-,23+,24-,25-,26-,27+,28-,30-,31+,32+,33+,35+/m0/s1. The third-order valence-corrected chi connectivity index (χ3v) is 9.50. The van der Waals surface area contributed by atoms with Crippen LogP contribution in [0.4, 0.5) is 0 Å². The molecule has 2 aliphatic heterocycles. The summed E-state index contributed by atoms with van der Waals surface area (Å²) in [5.74, 6) is -4.49. The van der Waals surface area contributed by atoms with E-state index < -0.39 is 60.2 Å². The van der Waals surface area contributed by atoms with Crippen molar-refractivity contribution in [3.8, 4) is 0 Å². The predicted molar refractivity (Wildman–Crippen MR) is 170 cm³/mol. The van der Waals surface area contributed by atoms with Crippen LogP contribution in [0, 0.1) is 35.5 Å². The van der Waals surface area contributed by atoms with Gasteiger partial charge in [0, 0.05) is 37.2 Å². The molecule has 0 radical (unpaired) electrons. The predicted octanol–water partition coefficient (Wildman–Crippen LogP) is 4.69. The molecule has 12 atom stereocenters. The van der Waals surface area contributed by atoms with Gasteiger partial charge >= 0.3 is 5.97 Å². The Morgan fingerprint density at radius 2 is 1.68 bits per heavy atom. The molecule has 44 heavy (non-hydrogen) atoms. The van der Waals surface area contributed by atoms with Gasteiger partial charge < -0.3 is 39.4 Å². The Labute approximate surface area is 264 Å². The molecule has 9 heteroatoms. The normalized spacial score (nSPS) is 41.2. The number of rotatable bonds is 7. The fraction of sp³-hybridized carbons (Fsp3) is 0.743. The first-order chi connectivity index (χ1) is 20.5. The summed E-state index contributed by atoms with van der Waals surface area (Å²) in [5, 5.41) is 45.0. The minimum absolute atomic E-state index is 0.00492. The largest absolute Gasteiger partial charge is 0.490 e. The lowest BCUT2D eigenvalue weighted by molar-refractivity contribution is -0.328. The maximum Gasteiger partial charge on any atom is 0.373 e. The number of carbonyl (C=O) groups excluding carboxylic acids is 1. The van der Waals surface area contributed by atoms with Crippen LogP contribution < -0.4 is 0 Å². The second-order valence-corrected chi connectivity index (χ2v) is 13.6. The minimum Gasteiger partial charge on any atom is -0.490 e. The summed E-state index contributed by atoms with van der Waals surface area (Å²) >= 11 is 0. The van der Waals surface area contributed by atoms with E-state index in [-0.39, 0.29) is 35.9 Å². The number of aliphatic hydroxyl groups is 4. The fourth-order valence-corrected chi connectivity index (χ4v) is 6.54. The van der Waals surface area contributed by atoms with Gasteiger partial charge in [-0.25, -0.2) is 4.79 Å². The molecule has 0 spiro atoms. The van der Waals surface area contributed by atoms with Crippen LogP contribution in [0.1, 0.15) is 75.2 Å². The summed E-state index contributed by atoms with van der Waals surface area (Å²) in [7, 11) is 2.87. The van der Waals surface area contributed by atoms with Gasteiger partial charge in [0.15, 0.2) is 5.79 Å². The minimum atomic E-state index is -1.80. The lowest BCUT2D eigenvalue weighted by atomic mass is 9.76. The second kappa shape index (κ2) is 16.5. The molecule has 2 aliphatic rings. The number of aliphatic hydroxyl groups excluding tert-OH is 3. The number of esters is 1. The van der Waals surface area contributed by atoms with E-state index in [0.717, 1.165) is 11.1 Å². The monoisotopic (exact) mass is 622 g/mol. The van der Waals surface area contributed by atoms with Crippen molar-refractivity contribution < 1.29 is 44.2 Å². The van der Waals surface area contributed by atoms with Crippen LogP contribution in [-0.2, 0) is 23.7 Å². The highest BCUT2D eigenvalue weighted by Gasteiger charge is 2.51. The van der Waals surface area contributed by atoms with E-state index in [1.807, 2.05) is 66.7 Å². The average molecular weight is 623 g/mol. The molecule has 0 aromatic rings. The molecular formula is C35H58O9. The van der Waals surface area contributed by atoms with Gasteiger partial charge in [0.1, 0.15) is 12.2 Å². The molecule has 2 heterocycles. The lowest BCUT2D eigenvalue weighted by Crippen LogP contribution is -2.59. The van der Waals surface area contributed by atoms with Gasteiger partial charge in [-0.05, 0) is 38.2 Å². The topological polar surface area (TPSA) is 135 Å². The molecule has 1 saturated heterocycles. The van der Waals surface area contributed by atoms with Gasteiger partial charge in [0.25, 0.3) is 0 Å². The van der Waals surface area contributed by atoms with E-state index >= 15 is 0 Å². The summed E-state index contributed by atoms with van der Waals surface area (Å²) in [6.45, 7) is 17.0. The maximum atomic E-state index is 13.5. The molecule has 9 nitrogen and oxygen atoms in total. The van der Waals surface area contributed by atoms with Crippen LogP contribution in [0.15, 0.2) is 47.3 Å². The van der Waals surface area contributed by atoms with Crippen molar-refractivity contribution in [1.82, 2.24) is 0 Å². The zero-order valence-corrected chi connectivity index (χ0v) is 28.6. The SMILES string of the molecule is CO/C1=C\C(C)=C\[C@@H](C)[C@@H](O)[C@@H](C)C/C(C)=C/C=C\[C@H](OC)[C@@H]([C@@H](C)[C@@H](O)[C@H](C)[C@@]2(O)C[C@@H](O)[C@H](C)[C@@H](C(C)C)O2)OC1=O. The van der Waals surface area contributed by atoms with E-state index in [1.165, 1.54) is 14.2 Å².